The van der Waals surface area contributed by atoms with E-state index in [0.29, 0.717) is 12.5 Å². The lowest BCUT2D eigenvalue weighted by Crippen LogP contribution is -2.13. The highest BCUT2D eigenvalue weighted by atomic mass is 16.5. The number of rotatable bonds is 9. The molecule has 0 spiro atoms. The van der Waals surface area contributed by atoms with E-state index in [1.165, 1.54) is 29.5 Å². The first kappa shape index (κ1) is 21.2. The number of hydrogen-bond acceptors (Lipinski definition) is 3. The third kappa shape index (κ3) is 5.96. The first-order valence-corrected chi connectivity index (χ1v) is 10.9. The number of carbonyl (C=O) groups excluding carboxylic acids is 1. The third-order valence-electron chi connectivity index (χ3n) is 5.53. The molecule has 0 amide bonds. The molecule has 2 aromatic carbocycles. The van der Waals surface area contributed by atoms with Gasteiger partial charge in [0.05, 0.1) is 13.2 Å². The highest BCUT2D eigenvalue weighted by Gasteiger charge is 2.20. The zero-order valence-corrected chi connectivity index (χ0v) is 17.7. The summed E-state index contributed by atoms with van der Waals surface area (Å²) in [7, 11) is 0. The Balaban J connectivity index is 1.57. The van der Waals surface area contributed by atoms with Gasteiger partial charge in [0, 0.05) is 5.57 Å². The van der Waals surface area contributed by atoms with Crippen LogP contribution in [0.25, 0.3) is 11.1 Å². The van der Waals surface area contributed by atoms with Gasteiger partial charge in [0.15, 0.2) is 0 Å². The normalized spacial score (nSPS) is 16.2. The standard InChI is InChI=1S/C26H32O3/c1-3-5-6-19-29-25-17-15-23(16-18-25)21-9-7-20(8-10-21)22-11-13-24(14-12-22)26(27)28-4-2/h7-10,13,15-18,22H,3-6,11-12,14,19H2,1-2H3. The highest BCUT2D eigenvalue weighted by Crippen LogP contribution is 2.33. The lowest BCUT2D eigenvalue weighted by atomic mass is 9.84. The molecule has 1 unspecified atom stereocenters. The maximum Gasteiger partial charge on any atom is 0.333 e. The van der Waals surface area contributed by atoms with Crippen molar-refractivity contribution >= 4 is 5.97 Å². The monoisotopic (exact) mass is 392 g/mol. The van der Waals surface area contributed by atoms with Crippen molar-refractivity contribution in [2.75, 3.05) is 13.2 Å². The number of ether oxygens (including phenoxy) is 2. The summed E-state index contributed by atoms with van der Waals surface area (Å²) in [5, 5.41) is 0. The van der Waals surface area contributed by atoms with Crippen LogP contribution in [-0.4, -0.2) is 19.2 Å². The second-order valence-corrected chi connectivity index (χ2v) is 7.62. The fraction of sp³-hybridized carbons (Fsp3) is 0.423. The Labute approximate surface area is 174 Å². The summed E-state index contributed by atoms with van der Waals surface area (Å²) in [4.78, 5) is 11.9. The lowest BCUT2D eigenvalue weighted by Gasteiger charge is -2.21. The molecule has 0 aliphatic heterocycles. The number of benzene rings is 2. The molecule has 0 heterocycles. The largest absolute Gasteiger partial charge is 0.494 e. The summed E-state index contributed by atoms with van der Waals surface area (Å²) in [5.41, 5.74) is 4.58. The molecule has 0 aromatic heterocycles. The topological polar surface area (TPSA) is 35.5 Å². The van der Waals surface area contributed by atoms with Gasteiger partial charge in [-0.1, -0.05) is 62.2 Å². The van der Waals surface area contributed by atoms with E-state index in [-0.39, 0.29) is 5.97 Å². The Morgan fingerprint density at radius 2 is 1.66 bits per heavy atom. The Hall–Kier alpha value is -2.55. The molecule has 154 valence electrons. The van der Waals surface area contributed by atoms with Crippen LogP contribution in [0, 0.1) is 0 Å². The van der Waals surface area contributed by atoms with Gasteiger partial charge >= 0.3 is 5.97 Å². The van der Waals surface area contributed by atoms with E-state index >= 15 is 0 Å². The number of hydrogen-bond donors (Lipinski definition) is 0. The SMILES string of the molecule is CCCCCOc1ccc(-c2ccc(C3CC=C(C(=O)OCC)CC3)cc2)cc1. The van der Waals surface area contributed by atoms with Crippen molar-refractivity contribution in [3.8, 4) is 16.9 Å². The van der Waals surface area contributed by atoms with Crippen molar-refractivity contribution in [3.63, 3.8) is 0 Å². The Kier molecular flexibility index (Phi) is 7.92. The van der Waals surface area contributed by atoms with Crippen molar-refractivity contribution in [1.29, 1.82) is 0 Å². The Morgan fingerprint density at radius 1 is 0.966 bits per heavy atom. The van der Waals surface area contributed by atoms with Crippen LogP contribution < -0.4 is 4.74 Å². The summed E-state index contributed by atoms with van der Waals surface area (Å²) >= 11 is 0. The van der Waals surface area contributed by atoms with E-state index in [1.807, 2.05) is 6.92 Å². The average Bonchev–Trinajstić information content (AvgIpc) is 2.78. The van der Waals surface area contributed by atoms with Crippen molar-refractivity contribution in [2.45, 2.75) is 58.3 Å². The molecule has 2 aromatic rings. The quantitative estimate of drug-likeness (QED) is 0.353. The summed E-state index contributed by atoms with van der Waals surface area (Å²) in [6.45, 7) is 5.27. The van der Waals surface area contributed by atoms with Crippen LogP contribution in [0.15, 0.2) is 60.2 Å². The molecular weight excluding hydrogens is 360 g/mol. The van der Waals surface area contributed by atoms with E-state index in [0.717, 1.165) is 43.6 Å². The minimum absolute atomic E-state index is 0.154. The van der Waals surface area contributed by atoms with Crippen molar-refractivity contribution in [1.82, 2.24) is 0 Å². The molecule has 0 N–H and O–H groups in total. The average molecular weight is 393 g/mol. The second-order valence-electron chi connectivity index (χ2n) is 7.62. The minimum Gasteiger partial charge on any atom is -0.494 e. The Morgan fingerprint density at radius 3 is 2.24 bits per heavy atom. The van der Waals surface area contributed by atoms with E-state index in [2.05, 4.69) is 61.5 Å². The van der Waals surface area contributed by atoms with Gasteiger partial charge < -0.3 is 9.47 Å². The summed E-state index contributed by atoms with van der Waals surface area (Å²) in [6.07, 6.45) is 8.28. The first-order chi connectivity index (χ1) is 14.2. The lowest BCUT2D eigenvalue weighted by molar-refractivity contribution is -0.138. The van der Waals surface area contributed by atoms with Gasteiger partial charge in [0.1, 0.15) is 5.75 Å². The zero-order valence-electron chi connectivity index (χ0n) is 17.7. The van der Waals surface area contributed by atoms with Gasteiger partial charge in [-0.05, 0) is 67.3 Å². The van der Waals surface area contributed by atoms with Gasteiger partial charge in [-0.25, -0.2) is 4.79 Å². The van der Waals surface area contributed by atoms with Gasteiger partial charge in [0.25, 0.3) is 0 Å². The molecule has 0 saturated heterocycles. The third-order valence-corrected chi connectivity index (χ3v) is 5.53. The van der Waals surface area contributed by atoms with Gasteiger partial charge in [-0.3, -0.25) is 0 Å². The van der Waals surface area contributed by atoms with Crippen LogP contribution in [0.2, 0.25) is 0 Å². The van der Waals surface area contributed by atoms with Crippen molar-refractivity contribution < 1.29 is 14.3 Å². The zero-order chi connectivity index (χ0) is 20.5. The molecule has 0 fully saturated rings. The van der Waals surface area contributed by atoms with Crippen LogP contribution in [0.5, 0.6) is 5.75 Å². The number of unbranched alkanes of at least 4 members (excludes halogenated alkanes) is 2. The minimum atomic E-state index is -0.154. The van der Waals surface area contributed by atoms with E-state index in [4.69, 9.17) is 9.47 Å². The Bertz CT molecular complexity index is 803. The van der Waals surface area contributed by atoms with E-state index < -0.39 is 0 Å². The molecule has 3 heteroatoms. The van der Waals surface area contributed by atoms with Gasteiger partial charge in [-0.15, -0.1) is 0 Å². The second kappa shape index (κ2) is 10.8. The number of esters is 1. The molecule has 0 bridgehead atoms. The van der Waals surface area contributed by atoms with Crippen LogP contribution in [0.4, 0.5) is 0 Å². The molecular formula is C26H32O3. The number of carbonyl (C=O) groups is 1. The molecule has 0 saturated carbocycles. The molecule has 1 aliphatic carbocycles. The maximum absolute atomic E-state index is 11.9. The van der Waals surface area contributed by atoms with Crippen LogP contribution >= 0.6 is 0 Å². The molecule has 1 atom stereocenters. The highest BCUT2D eigenvalue weighted by molar-refractivity contribution is 5.88. The predicted molar refractivity (Wildman–Crippen MR) is 118 cm³/mol. The van der Waals surface area contributed by atoms with Gasteiger partial charge in [-0.2, -0.15) is 0 Å². The fourth-order valence-corrected chi connectivity index (χ4v) is 3.78. The first-order valence-electron chi connectivity index (χ1n) is 10.9. The molecule has 1 aliphatic rings. The van der Waals surface area contributed by atoms with Crippen LogP contribution in [0.3, 0.4) is 0 Å². The van der Waals surface area contributed by atoms with E-state index in [1.54, 1.807) is 0 Å². The van der Waals surface area contributed by atoms with Crippen LogP contribution in [-0.2, 0) is 9.53 Å². The fourth-order valence-electron chi connectivity index (χ4n) is 3.78. The smallest absolute Gasteiger partial charge is 0.333 e. The predicted octanol–water partition coefficient (Wildman–Crippen LogP) is 6.68. The molecule has 3 rings (SSSR count). The summed E-state index contributed by atoms with van der Waals surface area (Å²) < 4.78 is 10.9. The van der Waals surface area contributed by atoms with Crippen LogP contribution in [0.1, 0.15) is 63.9 Å². The molecule has 3 nitrogen and oxygen atoms in total. The van der Waals surface area contributed by atoms with Crippen molar-refractivity contribution in [3.05, 3.63) is 65.7 Å². The van der Waals surface area contributed by atoms with Crippen molar-refractivity contribution in [2.24, 2.45) is 0 Å². The van der Waals surface area contributed by atoms with E-state index in [9.17, 15) is 4.79 Å². The summed E-state index contributed by atoms with van der Waals surface area (Å²) in [5.74, 6) is 1.26. The van der Waals surface area contributed by atoms with Gasteiger partial charge in [0.2, 0.25) is 0 Å². The maximum atomic E-state index is 11.9. The number of allylic oxidation sites excluding steroid dienone is 1. The molecule has 0 radical (unpaired) electrons. The summed E-state index contributed by atoms with van der Waals surface area (Å²) in [6, 6.07) is 17.2. The molecule has 29 heavy (non-hydrogen) atoms.